The van der Waals surface area contributed by atoms with Gasteiger partial charge in [0.25, 0.3) is 11.7 Å². The van der Waals surface area contributed by atoms with Crippen LogP contribution in [0.2, 0.25) is 0 Å². The summed E-state index contributed by atoms with van der Waals surface area (Å²) in [6, 6.07) is 7.69. The summed E-state index contributed by atoms with van der Waals surface area (Å²) in [5.74, 6) is -2.57. The Balaban J connectivity index is 2.01. The molecule has 2 atom stereocenters. The van der Waals surface area contributed by atoms with Crippen LogP contribution in [0.25, 0.3) is 0 Å². The molecular formula is C20H14F4N2O4S. The van der Waals surface area contributed by atoms with Crippen LogP contribution in [0.1, 0.15) is 22.3 Å². The van der Waals surface area contributed by atoms with Crippen molar-refractivity contribution in [2.24, 2.45) is 0 Å². The number of nitrogens with zero attached hydrogens (tertiary/aromatic N) is 2. The fourth-order valence-corrected chi connectivity index (χ4v) is 5.37. The van der Waals surface area contributed by atoms with E-state index in [1.54, 1.807) is 0 Å². The average Bonchev–Trinajstić information content (AvgIpc) is 3.19. The van der Waals surface area contributed by atoms with Crippen LogP contribution in [0.15, 0.2) is 53.4 Å². The summed E-state index contributed by atoms with van der Waals surface area (Å²) in [7, 11) is -4.62. The van der Waals surface area contributed by atoms with Crippen molar-refractivity contribution in [2.75, 3.05) is 6.54 Å². The standard InChI is InChI=1S/C20H14F4N2O4S/c21-13-7-5-12(6-8-13)19(28)26-11-14(9-16(26)17(27)10-25)31(29,30)18-4-2-1-3-15(18)20(22,23)24/h1-8,14,16H,9,11H2/t14-,16+/m1/s1. The van der Waals surface area contributed by atoms with E-state index >= 15 is 0 Å². The molecule has 0 aliphatic carbocycles. The number of carbonyl (C=O) groups is 2. The first-order valence-electron chi connectivity index (χ1n) is 8.87. The van der Waals surface area contributed by atoms with Gasteiger partial charge < -0.3 is 4.90 Å². The van der Waals surface area contributed by atoms with Crippen LogP contribution in [0.4, 0.5) is 17.6 Å². The van der Waals surface area contributed by atoms with Gasteiger partial charge in [0.05, 0.1) is 15.7 Å². The van der Waals surface area contributed by atoms with Crippen LogP contribution >= 0.6 is 0 Å². The van der Waals surface area contributed by atoms with Crippen LogP contribution in [-0.4, -0.2) is 42.8 Å². The van der Waals surface area contributed by atoms with E-state index in [4.69, 9.17) is 5.26 Å². The molecule has 0 N–H and O–H groups in total. The Bertz CT molecular complexity index is 1170. The molecule has 1 aliphatic rings. The first kappa shape index (κ1) is 22.4. The Morgan fingerprint density at radius 1 is 1.06 bits per heavy atom. The highest BCUT2D eigenvalue weighted by Gasteiger charge is 2.47. The summed E-state index contributed by atoms with van der Waals surface area (Å²) in [6.07, 6.45) is -5.47. The first-order valence-corrected chi connectivity index (χ1v) is 10.4. The smallest absolute Gasteiger partial charge is 0.326 e. The summed E-state index contributed by atoms with van der Waals surface area (Å²) in [4.78, 5) is 24.7. The Hall–Kier alpha value is -3.26. The Kier molecular flexibility index (Phi) is 5.87. The van der Waals surface area contributed by atoms with Crippen LogP contribution in [0, 0.1) is 17.1 Å². The van der Waals surface area contributed by atoms with Crippen molar-refractivity contribution in [3.05, 3.63) is 65.5 Å². The molecule has 1 fully saturated rings. The highest BCUT2D eigenvalue weighted by Crippen LogP contribution is 2.37. The van der Waals surface area contributed by atoms with Gasteiger partial charge in [-0.15, -0.1) is 0 Å². The molecular weight excluding hydrogens is 440 g/mol. The molecule has 0 spiro atoms. The molecule has 1 amide bonds. The molecule has 1 aliphatic heterocycles. The molecule has 0 aromatic heterocycles. The summed E-state index contributed by atoms with van der Waals surface area (Å²) >= 11 is 0. The average molecular weight is 454 g/mol. The molecule has 0 unspecified atom stereocenters. The van der Waals surface area contributed by atoms with Gasteiger partial charge in [0.15, 0.2) is 9.84 Å². The van der Waals surface area contributed by atoms with Crippen molar-refractivity contribution in [3.63, 3.8) is 0 Å². The fraction of sp³-hybridized carbons (Fsp3) is 0.250. The van der Waals surface area contributed by atoms with Gasteiger partial charge in [-0.05, 0) is 42.8 Å². The minimum atomic E-state index is -4.94. The number of ketones is 1. The van der Waals surface area contributed by atoms with Crippen LogP contribution in [-0.2, 0) is 20.8 Å². The second kappa shape index (κ2) is 8.11. The number of hydrogen-bond donors (Lipinski definition) is 0. The number of hydrogen-bond acceptors (Lipinski definition) is 5. The van der Waals surface area contributed by atoms with Crippen molar-refractivity contribution >= 4 is 21.5 Å². The molecule has 6 nitrogen and oxygen atoms in total. The molecule has 2 aromatic rings. The lowest BCUT2D eigenvalue weighted by Crippen LogP contribution is -2.40. The van der Waals surface area contributed by atoms with Crippen molar-refractivity contribution in [3.8, 4) is 6.07 Å². The van der Waals surface area contributed by atoms with E-state index in [1.165, 1.54) is 6.07 Å². The number of likely N-dealkylation sites (tertiary alicyclic amines) is 1. The third kappa shape index (κ3) is 4.29. The molecule has 1 heterocycles. The SMILES string of the molecule is N#CC(=O)[C@@H]1C[C@@H](S(=O)(=O)c2ccccc2C(F)(F)F)CN1C(=O)c1ccc(F)cc1. The van der Waals surface area contributed by atoms with Crippen LogP contribution < -0.4 is 0 Å². The summed E-state index contributed by atoms with van der Waals surface area (Å²) in [6.45, 7) is -0.594. The number of halogens is 4. The van der Waals surface area contributed by atoms with Crippen molar-refractivity contribution in [1.29, 1.82) is 5.26 Å². The zero-order valence-electron chi connectivity index (χ0n) is 15.6. The number of alkyl halides is 3. The van der Waals surface area contributed by atoms with E-state index in [0.29, 0.717) is 6.07 Å². The molecule has 2 aromatic carbocycles. The predicted octanol–water partition coefficient (Wildman–Crippen LogP) is 2.99. The van der Waals surface area contributed by atoms with E-state index in [9.17, 15) is 35.6 Å². The molecule has 0 saturated carbocycles. The lowest BCUT2D eigenvalue weighted by molar-refractivity contribution is -0.139. The van der Waals surface area contributed by atoms with E-state index < -0.39 is 68.2 Å². The summed E-state index contributed by atoms with van der Waals surface area (Å²) in [5.41, 5.74) is -1.42. The second-order valence-electron chi connectivity index (χ2n) is 6.85. The van der Waals surface area contributed by atoms with Gasteiger partial charge in [0.1, 0.15) is 17.9 Å². The van der Waals surface area contributed by atoms with Crippen molar-refractivity contribution in [2.45, 2.75) is 28.8 Å². The topological polar surface area (TPSA) is 95.3 Å². The van der Waals surface area contributed by atoms with E-state index in [0.717, 1.165) is 47.4 Å². The molecule has 11 heteroatoms. The molecule has 1 saturated heterocycles. The number of amides is 1. The molecule has 3 rings (SSSR count). The maximum absolute atomic E-state index is 13.3. The predicted molar refractivity (Wildman–Crippen MR) is 98.9 cm³/mol. The minimum absolute atomic E-state index is 0.0640. The normalized spacial score (nSPS) is 19.1. The fourth-order valence-electron chi connectivity index (χ4n) is 3.46. The highest BCUT2D eigenvalue weighted by molar-refractivity contribution is 7.92. The van der Waals surface area contributed by atoms with Gasteiger partial charge in [0, 0.05) is 12.1 Å². The largest absolute Gasteiger partial charge is 0.417 e. The Morgan fingerprint density at radius 2 is 1.68 bits per heavy atom. The van der Waals surface area contributed by atoms with Crippen molar-refractivity contribution in [1.82, 2.24) is 4.90 Å². The van der Waals surface area contributed by atoms with Gasteiger partial charge in [0.2, 0.25) is 0 Å². The summed E-state index contributed by atoms with van der Waals surface area (Å²) < 4.78 is 79.2. The number of nitriles is 1. The third-order valence-corrected chi connectivity index (χ3v) is 7.15. The van der Waals surface area contributed by atoms with Gasteiger partial charge in [-0.3, -0.25) is 9.59 Å². The van der Waals surface area contributed by atoms with E-state index in [2.05, 4.69) is 0 Å². The van der Waals surface area contributed by atoms with Crippen LogP contribution in [0.5, 0.6) is 0 Å². The second-order valence-corrected chi connectivity index (χ2v) is 9.05. The lowest BCUT2D eigenvalue weighted by Gasteiger charge is -2.21. The molecule has 0 radical (unpaired) electrons. The zero-order valence-corrected chi connectivity index (χ0v) is 16.5. The van der Waals surface area contributed by atoms with E-state index in [1.807, 2.05) is 0 Å². The van der Waals surface area contributed by atoms with E-state index in [-0.39, 0.29) is 5.56 Å². The molecule has 0 bridgehead atoms. The molecule has 162 valence electrons. The number of benzene rings is 2. The summed E-state index contributed by atoms with van der Waals surface area (Å²) in [5, 5.41) is 7.43. The van der Waals surface area contributed by atoms with Gasteiger partial charge in [-0.25, -0.2) is 12.8 Å². The number of rotatable bonds is 4. The van der Waals surface area contributed by atoms with Gasteiger partial charge in [-0.2, -0.15) is 18.4 Å². The first-order chi connectivity index (χ1) is 14.5. The minimum Gasteiger partial charge on any atom is -0.326 e. The zero-order chi connectivity index (χ0) is 23.0. The lowest BCUT2D eigenvalue weighted by atomic mass is 10.1. The quantitative estimate of drug-likeness (QED) is 0.523. The number of carbonyl (C=O) groups excluding carboxylic acids is 2. The van der Waals surface area contributed by atoms with Gasteiger partial charge >= 0.3 is 6.18 Å². The number of Topliss-reactive ketones (excluding diaryl/α,β-unsaturated/α-hetero) is 1. The Labute approximate surface area is 174 Å². The molecule has 31 heavy (non-hydrogen) atoms. The van der Waals surface area contributed by atoms with Gasteiger partial charge in [-0.1, -0.05) is 12.1 Å². The monoisotopic (exact) mass is 454 g/mol. The maximum Gasteiger partial charge on any atom is 0.417 e. The number of sulfone groups is 1. The highest BCUT2D eigenvalue weighted by atomic mass is 32.2. The maximum atomic E-state index is 13.3. The van der Waals surface area contributed by atoms with Crippen LogP contribution in [0.3, 0.4) is 0 Å². The Morgan fingerprint density at radius 3 is 2.26 bits per heavy atom. The third-order valence-electron chi connectivity index (χ3n) is 4.97. The van der Waals surface area contributed by atoms with Crippen molar-refractivity contribution < 1.29 is 35.6 Å².